The average molecular weight is 268 g/mol. The van der Waals surface area contributed by atoms with Gasteiger partial charge in [-0.3, -0.25) is 0 Å². The first-order valence-electron chi connectivity index (χ1n) is 7.60. The number of rotatable bonds is 8. The highest BCUT2D eigenvalue weighted by atomic mass is 16.5. The molecule has 19 heavy (non-hydrogen) atoms. The van der Waals surface area contributed by atoms with Gasteiger partial charge in [0.1, 0.15) is 0 Å². The first-order chi connectivity index (χ1) is 8.79. The minimum absolute atomic E-state index is 0.159. The van der Waals surface area contributed by atoms with Crippen molar-refractivity contribution in [1.82, 2.24) is 0 Å². The molecule has 0 fully saturated rings. The zero-order valence-corrected chi connectivity index (χ0v) is 13.9. The van der Waals surface area contributed by atoms with Crippen LogP contribution in [-0.4, -0.2) is 12.6 Å². The summed E-state index contributed by atoms with van der Waals surface area (Å²) in [6.07, 6.45) is 4.57. The summed E-state index contributed by atoms with van der Waals surface area (Å²) in [5.74, 6) is 0.312. The maximum atomic E-state index is 11.8. The number of carbonyl (C=O) groups is 1. The molecule has 1 unspecified atom stereocenters. The molecule has 0 aromatic rings. The van der Waals surface area contributed by atoms with Crippen molar-refractivity contribution in [1.29, 1.82) is 0 Å². The average Bonchev–Trinajstić information content (AvgIpc) is 2.41. The lowest BCUT2D eigenvalue weighted by Crippen LogP contribution is -2.23. The van der Waals surface area contributed by atoms with Gasteiger partial charge in [0.2, 0.25) is 0 Å². The van der Waals surface area contributed by atoms with Gasteiger partial charge in [-0.2, -0.15) is 0 Å². The van der Waals surface area contributed by atoms with Crippen LogP contribution in [0.4, 0.5) is 0 Å². The Labute approximate surface area is 119 Å². The normalized spacial score (nSPS) is 13.0. The van der Waals surface area contributed by atoms with E-state index in [9.17, 15) is 4.79 Å². The summed E-state index contributed by atoms with van der Waals surface area (Å²) in [5, 5.41) is 0. The lowest BCUT2D eigenvalue weighted by Gasteiger charge is -2.31. The van der Waals surface area contributed by atoms with Crippen molar-refractivity contribution < 1.29 is 9.53 Å². The molecule has 0 aromatic carbocycles. The van der Waals surface area contributed by atoms with Crippen LogP contribution in [0.15, 0.2) is 11.1 Å². The largest absolute Gasteiger partial charge is 0.462 e. The molecule has 0 aliphatic rings. The van der Waals surface area contributed by atoms with Gasteiger partial charge in [0.15, 0.2) is 0 Å². The maximum Gasteiger partial charge on any atom is 0.333 e. The summed E-state index contributed by atoms with van der Waals surface area (Å²) < 4.78 is 5.46. The van der Waals surface area contributed by atoms with Crippen LogP contribution in [0.2, 0.25) is 0 Å². The topological polar surface area (TPSA) is 26.3 Å². The van der Waals surface area contributed by atoms with E-state index in [0.29, 0.717) is 17.9 Å². The van der Waals surface area contributed by atoms with Crippen molar-refractivity contribution in [2.75, 3.05) is 6.61 Å². The van der Waals surface area contributed by atoms with E-state index in [0.717, 1.165) is 24.0 Å². The molecule has 2 heteroatoms. The minimum Gasteiger partial charge on any atom is -0.462 e. The summed E-state index contributed by atoms with van der Waals surface area (Å²) in [6.45, 7) is 15.3. The first-order valence-corrected chi connectivity index (χ1v) is 7.60. The maximum absolute atomic E-state index is 11.8. The second-order valence-electron chi connectivity index (χ2n) is 6.22. The predicted molar refractivity (Wildman–Crippen MR) is 82.1 cm³/mol. The van der Waals surface area contributed by atoms with Crippen LogP contribution in [0, 0.1) is 11.3 Å². The molecule has 112 valence electrons. The van der Waals surface area contributed by atoms with E-state index in [1.807, 2.05) is 20.8 Å². The monoisotopic (exact) mass is 268 g/mol. The van der Waals surface area contributed by atoms with Gasteiger partial charge in [-0.25, -0.2) is 4.79 Å². The molecule has 0 saturated carbocycles. The third-order valence-corrected chi connectivity index (χ3v) is 4.57. The van der Waals surface area contributed by atoms with E-state index in [4.69, 9.17) is 4.74 Å². The second-order valence-corrected chi connectivity index (χ2v) is 6.22. The molecule has 0 rings (SSSR count). The van der Waals surface area contributed by atoms with Crippen molar-refractivity contribution >= 4 is 5.97 Å². The molecule has 0 N–H and O–H groups in total. The molecule has 0 bridgehead atoms. The van der Waals surface area contributed by atoms with Crippen molar-refractivity contribution in [3.8, 4) is 0 Å². The second kappa shape index (κ2) is 8.39. The fourth-order valence-corrected chi connectivity index (χ4v) is 2.06. The smallest absolute Gasteiger partial charge is 0.333 e. The highest BCUT2D eigenvalue weighted by Crippen LogP contribution is 2.34. The van der Waals surface area contributed by atoms with Gasteiger partial charge < -0.3 is 4.74 Å². The standard InChI is InChI=1S/C17H32O2/c1-8-15(11-17(7,9-2)10-3)12-19-16(18)14(6)13(4)5/h15H,8-12H2,1-7H3. The van der Waals surface area contributed by atoms with Gasteiger partial charge in [-0.05, 0) is 38.5 Å². The van der Waals surface area contributed by atoms with Gasteiger partial charge in [0.05, 0.1) is 6.61 Å². The molecule has 1 atom stereocenters. The van der Waals surface area contributed by atoms with E-state index in [1.165, 1.54) is 12.8 Å². The highest BCUT2D eigenvalue weighted by molar-refractivity contribution is 5.88. The molecule has 0 saturated heterocycles. The van der Waals surface area contributed by atoms with Crippen molar-refractivity contribution in [3.63, 3.8) is 0 Å². The van der Waals surface area contributed by atoms with Crippen LogP contribution in [0.1, 0.15) is 74.1 Å². The predicted octanol–water partition coefficient (Wildman–Crippen LogP) is 5.13. The Hall–Kier alpha value is -0.790. The molecular formula is C17H32O2. The zero-order chi connectivity index (χ0) is 15.1. The number of ether oxygens (including phenoxy) is 1. The fraction of sp³-hybridized carbons (Fsp3) is 0.824. The van der Waals surface area contributed by atoms with E-state index in [-0.39, 0.29) is 5.97 Å². The summed E-state index contributed by atoms with van der Waals surface area (Å²) in [5.41, 5.74) is 2.15. The Kier molecular flexibility index (Phi) is 8.05. The van der Waals surface area contributed by atoms with Crippen LogP contribution in [0.5, 0.6) is 0 Å². The van der Waals surface area contributed by atoms with Crippen LogP contribution < -0.4 is 0 Å². The third kappa shape index (κ3) is 6.26. The number of hydrogen-bond acceptors (Lipinski definition) is 2. The van der Waals surface area contributed by atoms with Crippen LogP contribution in [0.3, 0.4) is 0 Å². The van der Waals surface area contributed by atoms with Crippen LogP contribution in [0.25, 0.3) is 0 Å². The zero-order valence-electron chi connectivity index (χ0n) is 13.9. The molecular weight excluding hydrogens is 236 g/mol. The molecule has 0 aliphatic heterocycles. The Bertz CT molecular complexity index is 307. The summed E-state index contributed by atoms with van der Waals surface area (Å²) in [7, 11) is 0. The summed E-state index contributed by atoms with van der Waals surface area (Å²) >= 11 is 0. The lowest BCUT2D eigenvalue weighted by molar-refractivity contribution is -0.140. The van der Waals surface area contributed by atoms with E-state index >= 15 is 0 Å². The molecule has 0 aromatic heterocycles. The number of carbonyl (C=O) groups excluding carboxylic acids is 1. The van der Waals surface area contributed by atoms with Crippen molar-refractivity contribution in [2.24, 2.45) is 11.3 Å². The number of allylic oxidation sites excluding steroid dienone is 1. The Balaban J connectivity index is 4.44. The van der Waals surface area contributed by atoms with Crippen LogP contribution >= 0.6 is 0 Å². The lowest BCUT2D eigenvalue weighted by atomic mass is 9.76. The first kappa shape index (κ1) is 18.2. The van der Waals surface area contributed by atoms with Gasteiger partial charge in [-0.1, -0.05) is 52.5 Å². The van der Waals surface area contributed by atoms with Crippen molar-refractivity contribution in [3.05, 3.63) is 11.1 Å². The summed E-state index contributed by atoms with van der Waals surface area (Å²) in [6, 6.07) is 0. The fourth-order valence-electron chi connectivity index (χ4n) is 2.06. The number of hydrogen-bond donors (Lipinski definition) is 0. The quantitative estimate of drug-likeness (QED) is 0.450. The van der Waals surface area contributed by atoms with Crippen molar-refractivity contribution in [2.45, 2.75) is 74.1 Å². The highest BCUT2D eigenvalue weighted by Gasteiger charge is 2.24. The van der Waals surface area contributed by atoms with Crippen LogP contribution in [-0.2, 0) is 9.53 Å². The minimum atomic E-state index is -0.159. The molecule has 2 nitrogen and oxygen atoms in total. The molecule has 0 heterocycles. The molecule has 0 aliphatic carbocycles. The molecule has 0 amide bonds. The molecule has 0 spiro atoms. The number of esters is 1. The Morgan fingerprint density at radius 2 is 1.63 bits per heavy atom. The van der Waals surface area contributed by atoms with Gasteiger partial charge >= 0.3 is 5.97 Å². The van der Waals surface area contributed by atoms with Gasteiger partial charge in [-0.15, -0.1) is 0 Å². The van der Waals surface area contributed by atoms with E-state index in [1.54, 1.807) is 0 Å². The Morgan fingerprint density at radius 1 is 1.11 bits per heavy atom. The third-order valence-electron chi connectivity index (χ3n) is 4.57. The Morgan fingerprint density at radius 3 is 2.00 bits per heavy atom. The van der Waals surface area contributed by atoms with E-state index in [2.05, 4.69) is 27.7 Å². The van der Waals surface area contributed by atoms with Gasteiger partial charge in [0.25, 0.3) is 0 Å². The SMILES string of the molecule is CCC(COC(=O)C(C)=C(C)C)CC(C)(CC)CC. The van der Waals surface area contributed by atoms with Gasteiger partial charge in [0, 0.05) is 5.57 Å². The molecule has 0 radical (unpaired) electrons. The summed E-state index contributed by atoms with van der Waals surface area (Å²) in [4.78, 5) is 11.8. The van der Waals surface area contributed by atoms with E-state index < -0.39 is 0 Å².